The van der Waals surface area contributed by atoms with Crippen LogP contribution in [0, 0.1) is 23.2 Å². The monoisotopic (exact) mass is 600 g/mol. The molecule has 1 atom stereocenters. The van der Waals surface area contributed by atoms with E-state index in [0.717, 1.165) is 25.3 Å². The molecule has 0 bridgehead atoms. The summed E-state index contributed by atoms with van der Waals surface area (Å²) in [7, 11) is 0. The minimum atomic E-state index is -4.68. The number of imidazole rings is 1. The summed E-state index contributed by atoms with van der Waals surface area (Å²) in [5.41, 5.74) is -0.489. The number of hydrogen-bond acceptors (Lipinski definition) is 8. The smallest absolute Gasteiger partial charge is 0.419 e. The maximum absolute atomic E-state index is 14.2. The highest BCUT2D eigenvalue weighted by Crippen LogP contribution is 2.40. The van der Waals surface area contributed by atoms with E-state index in [1.165, 1.54) is 12.1 Å². The van der Waals surface area contributed by atoms with E-state index in [4.69, 9.17) is 14.2 Å². The summed E-state index contributed by atoms with van der Waals surface area (Å²) in [5, 5.41) is 9.55. The van der Waals surface area contributed by atoms with E-state index in [1.807, 2.05) is 26.8 Å². The number of piperidine rings is 1. The van der Waals surface area contributed by atoms with E-state index < -0.39 is 17.3 Å². The van der Waals surface area contributed by atoms with Gasteiger partial charge in [0.05, 0.1) is 25.1 Å². The first kappa shape index (κ1) is 30.5. The van der Waals surface area contributed by atoms with E-state index in [9.17, 15) is 23.2 Å². The fourth-order valence-electron chi connectivity index (χ4n) is 5.43. The molecule has 230 valence electrons. The summed E-state index contributed by atoms with van der Waals surface area (Å²) in [6, 6.07) is 5.68. The van der Waals surface area contributed by atoms with Gasteiger partial charge < -0.3 is 23.7 Å². The number of likely N-dealkylation sites (tertiary alicyclic amines) is 1. The summed E-state index contributed by atoms with van der Waals surface area (Å²) in [6.07, 6.45) is -0.584. The number of carbonyl (C=O) groups excluding carboxylic acids is 1. The maximum Gasteiger partial charge on any atom is 0.419 e. The Labute approximate surface area is 247 Å². The summed E-state index contributed by atoms with van der Waals surface area (Å²) in [5.74, 6) is 0.0441. The Morgan fingerprint density at radius 1 is 1.14 bits per heavy atom. The van der Waals surface area contributed by atoms with Gasteiger partial charge in [-0.15, -0.1) is 0 Å². The Morgan fingerprint density at radius 2 is 1.91 bits per heavy atom. The zero-order valence-corrected chi connectivity index (χ0v) is 24.5. The number of benzene rings is 1. The lowest BCUT2D eigenvalue weighted by Gasteiger charge is -2.33. The van der Waals surface area contributed by atoms with Crippen LogP contribution in [-0.4, -0.2) is 69.0 Å². The van der Waals surface area contributed by atoms with Crippen molar-refractivity contribution < 1.29 is 32.2 Å². The van der Waals surface area contributed by atoms with Crippen LogP contribution in [0.1, 0.15) is 57.8 Å². The number of halogens is 3. The van der Waals surface area contributed by atoms with Crippen LogP contribution < -0.4 is 4.74 Å². The lowest BCUT2D eigenvalue weighted by Crippen LogP contribution is -2.41. The molecule has 43 heavy (non-hydrogen) atoms. The van der Waals surface area contributed by atoms with E-state index >= 15 is 0 Å². The number of fused-ring (bicyclic) bond motifs is 1. The number of aromatic nitrogens is 4. The molecular formula is C30H35F3N6O4. The van der Waals surface area contributed by atoms with Gasteiger partial charge in [0, 0.05) is 37.7 Å². The highest BCUT2D eigenvalue weighted by atomic mass is 19.4. The van der Waals surface area contributed by atoms with E-state index in [0.29, 0.717) is 50.4 Å². The predicted molar refractivity (Wildman–Crippen MR) is 150 cm³/mol. The molecule has 1 amide bonds. The van der Waals surface area contributed by atoms with Gasteiger partial charge in [-0.05, 0) is 70.6 Å². The first-order valence-electron chi connectivity index (χ1n) is 14.4. The molecule has 2 aromatic heterocycles. The highest BCUT2D eigenvalue weighted by molar-refractivity contribution is 5.88. The van der Waals surface area contributed by atoms with Crippen LogP contribution in [0.25, 0.3) is 22.4 Å². The van der Waals surface area contributed by atoms with Crippen molar-refractivity contribution in [3.05, 3.63) is 35.9 Å². The van der Waals surface area contributed by atoms with Gasteiger partial charge in [-0.2, -0.15) is 23.4 Å². The number of nitriles is 1. The molecule has 5 rings (SSSR count). The first-order chi connectivity index (χ1) is 20.4. The topological polar surface area (TPSA) is 115 Å². The van der Waals surface area contributed by atoms with Gasteiger partial charge in [0.2, 0.25) is 5.82 Å². The van der Waals surface area contributed by atoms with Crippen LogP contribution in [0.15, 0.2) is 24.5 Å². The standard InChI is InChI=1S/C30H35F3N6O4/c1-29(2,3)43-28(40)38-10-6-19(7-11-38)9-13-42-23-5-4-21(14-22(23)30(31,32)33)25-26-27(37-24(15-34)36-25)39(18-35-26)16-20-8-12-41-17-20/h4-5,14,18-20H,6-13,16-17H2,1-3H3. The van der Waals surface area contributed by atoms with Crippen molar-refractivity contribution in [1.29, 1.82) is 5.26 Å². The molecule has 1 unspecified atom stereocenters. The van der Waals surface area contributed by atoms with Crippen molar-refractivity contribution in [3.8, 4) is 23.1 Å². The molecule has 0 saturated carbocycles. The Kier molecular flexibility index (Phi) is 8.78. The molecule has 3 aromatic rings. The van der Waals surface area contributed by atoms with Gasteiger partial charge in [-0.3, -0.25) is 0 Å². The Bertz CT molecular complexity index is 1500. The quantitative estimate of drug-likeness (QED) is 0.332. The van der Waals surface area contributed by atoms with E-state index in [1.54, 1.807) is 15.8 Å². The molecule has 13 heteroatoms. The number of ether oxygens (including phenoxy) is 3. The molecule has 10 nitrogen and oxygen atoms in total. The van der Waals surface area contributed by atoms with Crippen molar-refractivity contribution in [2.24, 2.45) is 11.8 Å². The third-order valence-corrected chi connectivity index (χ3v) is 7.65. The average molecular weight is 601 g/mol. The number of nitrogens with zero attached hydrogens (tertiary/aromatic N) is 6. The third-order valence-electron chi connectivity index (χ3n) is 7.65. The van der Waals surface area contributed by atoms with Crippen molar-refractivity contribution in [2.45, 2.75) is 64.8 Å². The van der Waals surface area contributed by atoms with Gasteiger partial charge in [0.15, 0.2) is 5.65 Å². The summed E-state index contributed by atoms with van der Waals surface area (Å²) in [6.45, 7) is 8.45. The Hall–Kier alpha value is -3.92. The molecule has 2 aliphatic rings. The van der Waals surface area contributed by atoms with Crippen molar-refractivity contribution in [3.63, 3.8) is 0 Å². The van der Waals surface area contributed by atoms with Crippen molar-refractivity contribution in [2.75, 3.05) is 32.9 Å². The lowest BCUT2D eigenvalue weighted by molar-refractivity contribution is -0.138. The van der Waals surface area contributed by atoms with Gasteiger partial charge in [-0.1, -0.05) is 0 Å². The molecular weight excluding hydrogens is 565 g/mol. The maximum atomic E-state index is 14.2. The molecule has 0 N–H and O–H groups in total. The van der Waals surface area contributed by atoms with E-state index in [-0.39, 0.29) is 47.4 Å². The molecule has 2 fully saturated rings. The van der Waals surface area contributed by atoms with Crippen LogP contribution in [0.3, 0.4) is 0 Å². The number of carbonyl (C=O) groups is 1. The second-order valence-corrected chi connectivity index (χ2v) is 12.1. The second kappa shape index (κ2) is 12.4. The fraction of sp³-hybridized carbons (Fsp3) is 0.567. The number of hydrogen-bond donors (Lipinski definition) is 0. The lowest BCUT2D eigenvalue weighted by atomic mass is 9.94. The molecule has 1 aromatic carbocycles. The van der Waals surface area contributed by atoms with Gasteiger partial charge in [-0.25, -0.2) is 14.8 Å². The second-order valence-electron chi connectivity index (χ2n) is 12.1. The normalized spacial score (nSPS) is 18.2. The van der Waals surface area contributed by atoms with Crippen molar-refractivity contribution >= 4 is 17.3 Å². The van der Waals surface area contributed by atoms with Crippen LogP contribution in [0.4, 0.5) is 18.0 Å². The summed E-state index contributed by atoms with van der Waals surface area (Å²) >= 11 is 0. The average Bonchev–Trinajstić information content (AvgIpc) is 3.62. The molecule has 0 radical (unpaired) electrons. The molecule has 2 aliphatic heterocycles. The third kappa shape index (κ3) is 7.36. The number of alkyl halides is 3. The van der Waals surface area contributed by atoms with Gasteiger partial charge in [0.1, 0.15) is 28.6 Å². The van der Waals surface area contributed by atoms with Gasteiger partial charge in [0.25, 0.3) is 0 Å². The SMILES string of the molecule is CC(C)(C)OC(=O)N1CCC(CCOc2ccc(-c3nc(C#N)nc4c3ncn4CC3CCOC3)cc2C(F)(F)F)CC1. The first-order valence-corrected chi connectivity index (χ1v) is 14.4. The van der Waals surface area contributed by atoms with E-state index in [2.05, 4.69) is 15.0 Å². The molecule has 0 aliphatic carbocycles. The van der Waals surface area contributed by atoms with Crippen LogP contribution >= 0.6 is 0 Å². The Balaban J connectivity index is 1.30. The molecule has 0 spiro atoms. The Morgan fingerprint density at radius 3 is 2.56 bits per heavy atom. The van der Waals surface area contributed by atoms with Crippen molar-refractivity contribution in [1.82, 2.24) is 24.4 Å². The summed E-state index contributed by atoms with van der Waals surface area (Å²) < 4.78 is 61.0. The molecule has 4 heterocycles. The highest BCUT2D eigenvalue weighted by Gasteiger charge is 2.35. The fourth-order valence-corrected chi connectivity index (χ4v) is 5.43. The largest absolute Gasteiger partial charge is 0.493 e. The molecule has 2 saturated heterocycles. The predicted octanol–water partition coefficient (Wildman–Crippen LogP) is 5.84. The zero-order chi connectivity index (χ0) is 30.8. The van der Waals surface area contributed by atoms with Gasteiger partial charge >= 0.3 is 12.3 Å². The number of amides is 1. The zero-order valence-electron chi connectivity index (χ0n) is 24.5. The minimum Gasteiger partial charge on any atom is -0.493 e. The number of rotatable bonds is 7. The van der Waals surface area contributed by atoms with Crippen LogP contribution in [0.2, 0.25) is 0 Å². The van der Waals surface area contributed by atoms with Crippen LogP contribution in [-0.2, 0) is 22.2 Å². The summed E-state index contributed by atoms with van der Waals surface area (Å²) in [4.78, 5) is 26.9. The van der Waals surface area contributed by atoms with Crippen LogP contribution in [0.5, 0.6) is 5.75 Å². The minimum absolute atomic E-state index is 0.102.